The van der Waals surface area contributed by atoms with Crippen molar-refractivity contribution in [1.82, 2.24) is 0 Å². The van der Waals surface area contributed by atoms with Crippen LogP contribution in [-0.4, -0.2) is 28.6 Å². The largest absolute Gasteiger partial charge is 0.419 e. The second-order valence-electron chi connectivity index (χ2n) is 10.1. The van der Waals surface area contributed by atoms with E-state index in [1.807, 2.05) is 0 Å². The molecule has 16 heteroatoms. The number of halogens is 9. The predicted molar refractivity (Wildman–Crippen MR) is 159 cm³/mol. The lowest BCUT2D eigenvalue weighted by Gasteiger charge is -2.23. The highest BCUT2D eigenvalue weighted by molar-refractivity contribution is 6.53. The van der Waals surface area contributed by atoms with E-state index in [2.05, 4.69) is 10.6 Å². The Morgan fingerprint density at radius 2 is 1.67 bits per heavy atom. The van der Waals surface area contributed by atoms with Crippen molar-refractivity contribution < 1.29 is 40.7 Å². The Hall–Kier alpha value is -3.99. The molecule has 0 radical (unpaired) electrons. The SMILES string of the molecule is CCCN(C(=O)CC#N)c1c(F)ccc(NC(=O)c2cc(NC(=O)[C@H]3[C@H](c4ccc(F)c(C(F)(F)F)c4)C3(Cl)Cl)ccc2Cl)c1F. The molecule has 7 nitrogen and oxygen atoms in total. The van der Waals surface area contributed by atoms with Crippen LogP contribution < -0.4 is 15.5 Å². The van der Waals surface area contributed by atoms with Gasteiger partial charge in [0.05, 0.1) is 33.8 Å². The summed E-state index contributed by atoms with van der Waals surface area (Å²) in [7, 11) is 0. The Kier molecular flexibility index (Phi) is 10.2. The van der Waals surface area contributed by atoms with Gasteiger partial charge in [-0.2, -0.15) is 18.4 Å². The molecule has 0 aromatic heterocycles. The predicted octanol–water partition coefficient (Wildman–Crippen LogP) is 8.21. The van der Waals surface area contributed by atoms with E-state index in [1.54, 1.807) is 13.0 Å². The number of alkyl halides is 5. The van der Waals surface area contributed by atoms with Gasteiger partial charge in [-0.3, -0.25) is 14.4 Å². The topological polar surface area (TPSA) is 102 Å². The third kappa shape index (κ3) is 7.04. The third-order valence-electron chi connectivity index (χ3n) is 7.03. The number of benzene rings is 3. The normalized spacial score (nSPS) is 16.7. The van der Waals surface area contributed by atoms with Gasteiger partial charge in [0, 0.05) is 18.2 Å². The Morgan fingerprint density at radius 3 is 2.30 bits per heavy atom. The fourth-order valence-electron chi connectivity index (χ4n) is 4.84. The fraction of sp³-hybridized carbons (Fsp3) is 0.267. The van der Waals surface area contributed by atoms with Crippen LogP contribution in [0, 0.1) is 34.7 Å². The van der Waals surface area contributed by atoms with E-state index in [0.29, 0.717) is 18.6 Å². The highest BCUT2D eigenvalue weighted by Gasteiger charge is 2.67. The van der Waals surface area contributed by atoms with E-state index < -0.39 is 80.9 Å². The second kappa shape index (κ2) is 13.4. The lowest BCUT2D eigenvalue weighted by atomic mass is 10.0. The molecule has 1 saturated carbocycles. The Morgan fingerprint density at radius 1 is 1.00 bits per heavy atom. The van der Waals surface area contributed by atoms with Crippen LogP contribution in [0.15, 0.2) is 48.5 Å². The van der Waals surface area contributed by atoms with Gasteiger partial charge in [-0.25, -0.2) is 13.2 Å². The molecule has 0 saturated heterocycles. The van der Waals surface area contributed by atoms with Crippen molar-refractivity contribution in [2.24, 2.45) is 5.92 Å². The summed E-state index contributed by atoms with van der Waals surface area (Å²) in [4.78, 5) is 39.3. The van der Waals surface area contributed by atoms with Gasteiger partial charge in [0.2, 0.25) is 11.8 Å². The number of anilines is 3. The molecule has 1 fully saturated rings. The van der Waals surface area contributed by atoms with Crippen LogP contribution in [0.2, 0.25) is 5.02 Å². The molecule has 0 heterocycles. The van der Waals surface area contributed by atoms with E-state index in [1.165, 1.54) is 12.1 Å². The minimum atomic E-state index is -5.00. The van der Waals surface area contributed by atoms with E-state index in [4.69, 9.17) is 40.1 Å². The lowest BCUT2D eigenvalue weighted by molar-refractivity contribution is -0.140. The average molecular weight is 706 g/mol. The summed E-state index contributed by atoms with van der Waals surface area (Å²) in [6.45, 7) is 1.54. The van der Waals surface area contributed by atoms with Crippen LogP contribution in [0.1, 0.15) is 47.2 Å². The number of nitrogens with one attached hydrogen (secondary N) is 2. The highest BCUT2D eigenvalue weighted by Crippen LogP contribution is 2.65. The molecular weight excluding hydrogens is 685 g/mol. The van der Waals surface area contributed by atoms with Crippen LogP contribution in [0.4, 0.5) is 43.4 Å². The molecule has 1 aliphatic rings. The van der Waals surface area contributed by atoms with Crippen molar-refractivity contribution in [3.8, 4) is 6.07 Å². The molecular formula is C30H21Cl3F6N4O3. The molecule has 0 bridgehead atoms. The molecule has 0 spiro atoms. The maximum Gasteiger partial charge on any atom is 0.419 e. The quantitative estimate of drug-likeness (QED) is 0.173. The number of hydrogen-bond donors (Lipinski definition) is 2. The van der Waals surface area contributed by atoms with Crippen molar-refractivity contribution >= 4 is 69.6 Å². The lowest BCUT2D eigenvalue weighted by Crippen LogP contribution is -2.33. The Balaban J connectivity index is 1.55. The van der Waals surface area contributed by atoms with Gasteiger partial charge < -0.3 is 15.5 Å². The molecule has 2 N–H and O–H groups in total. The van der Waals surface area contributed by atoms with Crippen molar-refractivity contribution in [3.05, 3.63) is 87.7 Å². The smallest absolute Gasteiger partial charge is 0.326 e. The summed E-state index contributed by atoms with van der Waals surface area (Å²) < 4.78 is 81.7. The number of carbonyl (C=O) groups is 3. The molecule has 46 heavy (non-hydrogen) atoms. The number of nitriles is 1. The van der Waals surface area contributed by atoms with Crippen LogP contribution in [0.25, 0.3) is 0 Å². The number of rotatable bonds is 9. The number of nitrogens with zero attached hydrogens (tertiary/aromatic N) is 2. The summed E-state index contributed by atoms with van der Waals surface area (Å²) in [6, 6.07) is 9.14. The van der Waals surface area contributed by atoms with E-state index in [9.17, 15) is 36.3 Å². The molecule has 2 atom stereocenters. The zero-order chi connectivity index (χ0) is 34.1. The van der Waals surface area contributed by atoms with Gasteiger partial charge in [0.15, 0.2) is 5.82 Å². The molecule has 3 aromatic rings. The van der Waals surface area contributed by atoms with Crippen LogP contribution in [-0.2, 0) is 15.8 Å². The van der Waals surface area contributed by atoms with Crippen LogP contribution >= 0.6 is 34.8 Å². The Bertz CT molecular complexity index is 1760. The molecule has 242 valence electrons. The first-order chi connectivity index (χ1) is 21.5. The first-order valence-electron chi connectivity index (χ1n) is 13.3. The van der Waals surface area contributed by atoms with E-state index in [0.717, 1.165) is 29.2 Å². The summed E-state index contributed by atoms with van der Waals surface area (Å²) in [5.41, 5.74) is -3.27. The number of amides is 3. The summed E-state index contributed by atoms with van der Waals surface area (Å²) in [5, 5.41) is 13.4. The van der Waals surface area contributed by atoms with Gasteiger partial charge in [-0.15, -0.1) is 23.2 Å². The van der Waals surface area contributed by atoms with Gasteiger partial charge in [0.25, 0.3) is 5.91 Å². The molecule has 3 amide bonds. The first-order valence-corrected chi connectivity index (χ1v) is 14.5. The van der Waals surface area contributed by atoms with Crippen molar-refractivity contribution in [2.45, 2.75) is 36.2 Å². The van der Waals surface area contributed by atoms with Crippen molar-refractivity contribution in [3.63, 3.8) is 0 Å². The van der Waals surface area contributed by atoms with Gasteiger partial charge in [-0.05, 0) is 54.4 Å². The molecule has 0 aliphatic heterocycles. The van der Waals surface area contributed by atoms with Gasteiger partial charge >= 0.3 is 6.18 Å². The third-order valence-corrected chi connectivity index (χ3v) is 8.30. The molecule has 0 unspecified atom stereocenters. The minimum absolute atomic E-state index is 0.0269. The van der Waals surface area contributed by atoms with Crippen molar-refractivity contribution in [1.29, 1.82) is 5.26 Å². The van der Waals surface area contributed by atoms with Gasteiger partial charge in [-0.1, -0.05) is 24.6 Å². The highest BCUT2D eigenvalue weighted by atomic mass is 35.5. The summed E-state index contributed by atoms with van der Waals surface area (Å²) >= 11 is 18.6. The average Bonchev–Trinajstić information content (AvgIpc) is 3.56. The summed E-state index contributed by atoms with van der Waals surface area (Å²) in [5.74, 6) is -9.00. The monoisotopic (exact) mass is 704 g/mol. The maximum atomic E-state index is 15.5. The Labute approximate surface area is 273 Å². The molecule has 4 rings (SSSR count). The summed E-state index contributed by atoms with van der Waals surface area (Å²) in [6.07, 6.45) is -5.34. The molecule has 3 aromatic carbocycles. The molecule has 1 aliphatic carbocycles. The number of hydrogen-bond acceptors (Lipinski definition) is 4. The second-order valence-corrected chi connectivity index (χ2v) is 12.0. The van der Waals surface area contributed by atoms with Crippen LogP contribution in [0.3, 0.4) is 0 Å². The maximum absolute atomic E-state index is 15.5. The standard InChI is InChI=1S/C30H21Cl3F6N4O3/c1-2-11-43(22(44)9-10-40)26-20(35)7-8-21(25(26)36)42-27(45)16-13-15(4-5-18(16)31)41-28(46)24-23(29(24,32)33)14-3-6-19(34)17(12-14)30(37,38)39/h3-8,12-13,23-24H,2,9,11H2,1H3,(H,41,46)(H,42,45)/t23-,24+/m0/s1. The minimum Gasteiger partial charge on any atom is -0.326 e. The van der Waals surface area contributed by atoms with Gasteiger partial charge in [0.1, 0.15) is 28.1 Å². The fourth-order valence-corrected chi connectivity index (χ4v) is 5.87. The van der Waals surface area contributed by atoms with E-state index >= 15 is 4.39 Å². The van der Waals surface area contributed by atoms with Crippen LogP contribution in [0.5, 0.6) is 0 Å². The first kappa shape index (κ1) is 34.9. The van der Waals surface area contributed by atoms with E-state index in [-0.39, 0.29) is 28.4 Å². The van der Waals surface area contributed by atoms with Crippen molar-refractivity contribution in [2.75, 3.05) is 22.1 Å². The number of carbonyl (C=O) groups excluding carboxylic acids is 3. The zero-order valence-electron chi connectivity index (χ0n) is 23.4. The zero-order valence-corrected chi connectivity index (χ0v) is 25.7.